The number of carbonyl (C=O) groups is 3. The fraction of sp³-hybridized carbons (Fsp3) is 0.350. The Bertz CT molecular complexity index is 811. The SMILES string of the molecule is CCOC(=O)c1cc(C)n(CC(=O)OCC(=O)NCc2ccccc2)c1C. The number of esters is 2. The van der Waals surface area contributed by atoms with Crippen molar-refractivity contribution in [2.75, 3.05) is 13.2 Å². The number of rotatable bonds is 8. The molecule has 2 rings (SSSR count). The molecule has 0 saturated carbocycles. The first-order valence-electron chi connectivity index (χ1n) is 8.72. The van der Waals surface area contributed by atoms with Crippen LogP contribution in [0.2, 0.25) is 0 Å². The standard InChI is InChI=1S/C20H24N2O5/c1-4-26-20(25)17-10-14(2)22(15(17)3)12-19(24)27-13-18(23)21-11-16-8-6-5-7-9-16/h5-10H,4,11-13H2,1-3H3,(H,21,23). The van der Waals surface area contributed by atoms with Crippen LogP contribution in [0.4, 0.5) is 0 Å². The second kappa shape index (κ2) is 9.56. The number of carbonyl (C=O) groups excluding carboxylic acids is 3. The summed E-state index contributed by atoms with van der Waals surface area (Å²) in [6, 6.07) is 11.1. The van der Waals surface area contributed by atoms with Crippen molar-refractivity contribution < 1.29 is 23.9 Å². The molecule has 1 N–H and O–H groups in total. The van der Waals surface area contributed by atoms with Gasteiger partial charge in [-0.3, -0.25) is 9.59 Å². The lowest BCUT2D eigenvalue weighted by atomic mass is 10.2. The lowest BCUT2D eigenvalue weighted by Crippen LogP contribution is -2.29. The Kier molecular flexibility index (Phi) is 7.16. The molecule has 144 valence electrons. The van der Waals surface area contributed by atoms with Crippen LogP contribution in [-0.2, 0) is 32.2 Å². The highest BCUT2D eigenvalue weighted by Gasteiger charge is 2.18. The quantitative estimate of drug-likeness (QED) is 0.718. The van der Waals surface area contributed by atoms with Gasteiger partial charge in [0, 0.05) is 17.9 Å². The number of ether oxygens (including phenoxy) is 2. The van der Waals surface area contributed by atoms with E-state index in [1.54, 1.807) is 31.4 Å². The second-order valence-electron chi connectivity index (χ2n) is 6.01. The van der Waals surface area contributed by atoms with Crippen molar-refractivity contribution in [1.82, 2.24) is 9.88 Å². The van der Waals surface area contributed by atoms with Crippen molar-refractivity contribution in [3.05, 3.63) is 58.9 Å². The van der Waals surface area contributed by atoms with Gasteiger partial charge in [0.25, 0.3) is 5.91 Å². The number of amides is 1. The summed E-state index contributed by atoms with van der Waals surface area (Å²) in [5.74, 6) is -1.35. The number of nitrogens with one attached hydrogen (secondary N) is 1. The monoisotopic (exact) mass is 372 g/mol. The molecular weight excluding hydrogens is 348 g/mol. The third-order valence-electron chi connectivity index (χ3n) is 4.05. The molecule has 2 aromatic rings. The van der Waals surface area contributed by atoms with Gasteiger partial charge >= 0.3 is 11.9 Å². The Balaban J connectivity index is 1.85. The van der Waals surface area contributed by atoms with Crippen LogP contribution in [0.25, 0.3) is 0 Å². The summed E-state index contributed by atoms with van der Waals surface area (Å²) >= 11 is 0. The predicted octanol–water partition coefficient (Wildman–Crippen LogP) is 2.14. The van der Waals surface area contributed by atoms with Gasteiger partial charge in [-0.2, -0.15) is 0 Å². The van der Waals surface area contributed by atoms with E-state index < -0.39 is 11.9 Å². The van der Waals surface area contributed by atoms with E-state index in [1.807, 2.05) is 30.3 Å². The molecule has 0 atom stereocenters. The van der Waals surface area contributed by atoms with E-state index >= 15 is 0 Å². The minimum Gasteiger partial charge on any atom is -0.462 e. The molecule has 27 heavy (non-hydrogen) atoms. The van der Waals surface area contributed by atoms with Gasteiger partial charge in [-0.05, 0) is 32.4 Å². The van der Waals surface area contributed by atoms with Crippen molar-refractivity contribution in [2.45, 2.75) is 33.9 Å². The molecule has 0 aliphatic carbocycles. The lowest BCUT2D eigenvalue weighted by Gasteiger charge is -2.10. The maximum Gasteiger partial charge on any atom is 0.339 e. The van der Waals surface area contributed by atoms with Crippen LogP contribution < -0.4 is 5.32 Å². The summed E-state index contributed by atoms with van der Waals surface area (Å²) < 4.78 is 11.7. The molecular formula is C20H24N2O5. The van der Waals surface area contributed by atoms with Gasteiger partial charge in [-0.25, -0.2) is 4.79 Å². The van der Waals surface area contributed by atoms with Crippen LogP contribution in [0, 0.1) is 13.8 Å². The molecule has 0 aliphatic heterocycles. The molecule has 0 saturated heterocycles. The van der Waals surface area contributed by atoms with Gasteiger partial charge in [-0.15, -0.1) is 0 Å². The number of hydrogen-bond acceptors (Lipinski definition) is 5. The van der Waals surface area contributed by atoms with Crippen molar-refractivity contribution in [1.29, 1.82) is 0 Å². The Morgan fingerprint density at radius 3 is 2.44 bits per heavy atom. The number of nitrogens with zero attached hydrogens (tertiary/aromatic N) is 1. The zero-order valence-corrected chi connectivity index (χ0v) is 15.8. The minimum atomic E-state index is -0.554. The predicted molar refractivity (Wildman–Crippen MR) is 99.1 cm³/mol. The first-order chi connectivity index (χ1) is 12.9. The van der Waals surface area contributed by atoms with E-state index in [0.29, 0.717) is 17.8 Å². The molecule has 7 heteroatoms. The highest BCUT2D eigenvalue weighted by atomic mass is 16.5. The fourth-order valence-electron chi connectivity index (χ4n) is 2.63. The van der Waals surface area contributed by atoms with E-state index in [1.165, 1.54) is 0 Å². The van der Waals surface area contributed by atoms with E-state index in [-0.39, 0.29) is 25.7 Å². The molecule has 7 nitrogen and oxygen atoms in total. The zero-order chi connectivity index (χ0) is 19.8. The summed E-state index contributed by atoms with van der Waals surface area (Å²) in [5, 5.41) is 2.69. The van der Waals surface area contributed by atoms with Gasteiger partial charge in [0.15, 0.2) is 6.61 Å². The Hall–Kier alpha value is -3.09. The highest BCUT2D eigenvalue weighted by molar-refractivity contribution is 5.91. The van der Waals surface area contributed by atoms with Crippen molar-refractivity contribution in [2.24, 2.45) is 0 Å². The van der Waals surface area contributed by atoms with Crippen LogP contribution in [-0.4, -0.2) is 35.6 Å². The normalized spacial score (nSPS) is 10.3. The summed E-state index contributed by atoms with van der Waals surface area (Å²) in [6.45, 7) is 5.48. The van der Waals surface area contributed by atoms with Crippen molar-refractivity contribution in [3.63, 3.8) is 0 Å². The average Bonchev–Trinajstić information content (AvgIpc) is 2.94. The van der Waals surface area contributed by atoms with Gasteiger partial charge < -0.3 is 19.4 Å². The zero-order valence-electron chi connectivity index (χ0n) is 15.8. The first kappa shape index (κ1) is 20.2. The summed E-state index contributed by atoms with van der Waals surface area (Å²) in [4.78, 5) is 35.8. The molecule has 0 fully saturated rings. The number of aryl methyl sites for hydroxylation is 1. The van der Waals surface area contributed by atoms with Crippen LogP contribution in [0.1, 0.15) is 34.2 Å². The van der Waals surface area contributed by atoms with Gasteiger partial charge in [0.2, 0.25) is 0 Å². The third-order valence-corrected chi connectivity index (χ3v) is 4.05. The average molecular weight is 372 g/mol. The smallest absolute Gasteiger partial charge is 0.339 e. The van der Waals surface area contributed by atoms with Crippen molar-refractivity contribution in [3.8, 4) is 0 Å². The minimum absolute atomic E-state index is 0.0803. The van der Waals surface area contributed by atoms with Crippen LogP contribution in [0.3, 0.4) is 0 Å². The van der Waals surface area contributed by atoms with E-state index in [0.717, 1.165) is 11.3 Å². The second-order valence-corrected chi connectivity index (χ2v) is 6.01. The van der Waals surface area contributed by atoms with Crippen molar-refractivity contribution >= 4 is 17.8 Å². The molecule has 1 heterocycles. The third kappa shape index (κ3) is 5.70. The summed E-state index contributed by atoms with van der Waals surface area (Å²) in [5.41, 5.74) is 2.74. The number of hydrogen-bond donors (Lipinski definition) is 1. The molecule has 1 amide bonds. The first-order valence-corrected chi connectivity index (χ1v) is 8.72. The van der Waals surface area contributed by atoms with E-state index in [9.17, 15) is 14.4 Å². The van der Waals surface area contributed by atoms with Gasteiger partial charge in [0.05, 0.1) is 12.2 Å². The summed E-state index contributed by atoms with van der Waals surface area (Å²) in [7, 11) is 0. The van der Waals surface area contributed by atoms with Gasteiger partial charge in [0.1, 0.15) is 6.54 Å². The Labute approximate surface area is 158 Å². The molecule has 1 aromatic heterocycles. The maximum absolute atomic E-state index is 12.1. The fourth-order valence-corrected chi connectivity index (χ4v) is 2.63. The molecule has 1 aromatic carbocycles. The van der Waals surface area contributed by atoms with Crippen LogP contribution in [0.5, 0.6) is 0 Å². The molecule has 0 spiro atoms. The highest BCUT2D eigenvalue weighted by Crippen LogP contribution is 2.16. The van der Waals surface area contributed by atoms with Gasteiger partial charge in [-0.1, -0.05) is 30.3 Å². The van der Waals surface area contributed by atoms with E-state index in [2.05, 4.69) is 5.32 Å². The largest absolute Gasteiger partial charge is 0.462 e. The lowest BCUT2D eigenvalue weighted by molar-refractivity contribution is -0.149. The van der Waals surface area contributed by atoms with Crippen LogP contribution in [0.15, 0.2) is 36.4 Å². The number of benzene rings is 1. The molecule has 0 bridgehead atoms. The number of aromatic nitrogens is 1. The molecule has 0 radical (unpaired) electrons. The van der Waals surface area contributed by atoms with E-state index in [4.69, 9.17) is 9.47 Å². The topological polar surface area (TPSA) is 86.6 Å². The van der Waals surface area contributed by atoms with Crippen LogP contribution >= 0.6 is 0 Å². The molecule has 0 aliphatic rings. The summed E-state index contributed by atoms with van der Waals surface area (Å²) in [6.07, 6.45) is 0. The maximum atomic E-state index is 12.1. The Morgan fingerprint density at radius 2 is 1.78 bits per heavy atom. The Morgan fingerprint density at radius 1 is 1.07 bits per heavy atom. The molecule has 0 unspecified atom stereocenters.